The molecule has 0 unspecified atom stereocenters. The molecule has 2 heterocycles. The first kappa shape index (κ1) is 10.5. The summed E-state index contributed by atoms with van der Waals surface area (Å²) in [5.41, 5.74) is -0.0872. The van der Waals surface area contributed by atoms with E-state index in [-0.39, 0.29) is 11.1 Å². The van der Waals surface area contributed by atoms with Crippen LogP contribution in [0.2, 0.25) is 0 Å². The highest BCUT2D eigenvalue weighted by molar-refractivity contribution is 5.29. The van der Waals surface area contributed by atoms with Crippen LogP contribution in [-0.4, -0.2) is 9.55 Å². The van der Waals surface area contributed by atoms with E-state index in [4.69, 9.17) is 0 Å². The van der Waals surface area contributed by atoms with Gasteiger partial charge in [0.25, 0.3) is 12.0 Å². The topological polar surface area (TPSA) is 34.9 Å². The van der Waals surface area contributed by atoms with Crippen LogP contribution in [0.15, 0.2) is 47.7 Å². The standard InChI is InChI=1S/C11H8F2N2O/c12-11(13)8-3-4-10(16)15(7-8)9-2-1-5-14-6-9/h1-7,11H. The minimum Gasteiger partial charge on any atom is -0.282 e. The van der Waals surface area contributed by atoms with Crippen molar-refractivity contribution in [1.82, 2.24) is 9.55 Å². The summed E-state index contributed by atoms with van der Waals surface area (Å²) >= 11 is 0. The van der Waals surface area contributed by atoms with Crippen LogP contribution < -0.4 is 5.56 Å². The van der Waals surface area contributed by atoms with Crippen molar-refractivity contribution in [1.29, 1.82) is 0 Å². The lowest BCUT2D eigenvalue weighted by molar-refractivity contribution is 0.150. The minimum absolute atomic E-state index is 0.191. The Morgan fingerprint density at radius 1 is 1.25 bits per heavy atom. The lowest BCUT2D eigenvalue weighted by atomic mass is 10.3. The Kier molecular flexibility index (Phi) is 2.76. The molecule has 0 amide bonds. The maximum atomic E-state index is 12.5. The summed E-state index contributed by atoms with van der Waals surface area (Å²) in [4.78, 5) is 15.3. The summed E-state index contributed by atoms with van der Waals surface area (Å²) in [5.74, 6) is 0. The summed E-state index contributed by atoms with van der Waals surface area (Å²) in [7, 11) is 0. The van der Waals surface area contributed by atoms with Gasteiger partial charge in [-0.25, -0.2) is 8.78 Å². The van der Waals surface area contributed by atoms with Crippen molar-refractivity contribution < 1.29 is 8.78 Å². The summed E-state index contributed by atoms with van der Waals surface area (Å²) in [6.07, 6.45) is 1.52. The molecule has 2 rings (SSSR count). The molecule has 16 heavy (non-hydrogen) atoms. The molecule has 0 N–H and O–H groups in total. The number of hydrogen-bond acceptors (Lipinski definition) is 2. The SMILES string of the molecule is O=c1ccc(C(F)F)cn1-c1cccnc1. The molecule has 0 radical (unpaired) electrons. The number of halogens is 2. The second-order valence-electron chi connectivity index (χ2n) is 3.18. The van der Waals surface area contributed by atoms with Crippen molar-refractivity contribution in [2.75, 3.05) is 0 Å². The highest BCUT2D eigenvalue weighted by Gasteiger charge is 2.09. The van der Waals surface area contributed by atoms with Crippen molar-refractivity contribution in [2.24, 2.45) is 0 Å². The third-order valence-electron chi connectivity index (χ3n) is 2.11. The van der Waals surface area contributed by atoms with Crippen molar-refractivity contribution in [3.8, 4) is 5.69 Å². The summed E-state index contributed by atoms with van der Waals surface area (Å²) < 4.78 is 26.1. The maximum absolute atomic E-state index is 12.5. The smallest absolute Gasteiger partial charge is 0.265 e. The number of aromatic nitrogens is 2. The van der Waals surface area contributed by atoms with E-state index in [1.807, 2.05) is 0 Å². The van der Waals surface area contributed by atoms with Gasteiger partial charge in [-0.05, 0) is 18.2 Å². The monoisotopic (exact) mass is 222 g/mol. The first-order chi connectivity index (χ1) is 7.68. The first-order valence-corrected chi connectivity index (χ1v) is 4.59. The van der Waals surface area contributed by atoms with E-state index in [0.717, 1.165) is 22.9 Å². The van der Waals surface area contributed by atoms with Crippen LogP contribution in [0, 0.1) is 0 Å². The quantitative estimate of drug-likeness (QED) is 0.780. The molecule has 0 bridgehead atoms. The second kappa shape index (κ2) is 4.22. The zero-order valence-corrected chi connectivity index (χ0v) is 8.18. The third-order valence-corrected chi connectivity index (χ3v) is 2.11. The van der Waals surface area contributed by atoms with E-state index < -0.39 is 6.43 Å². The molecule has 0 aliphatic rings. The van der Waals surface area contributed by atoms with Gasteiger partial charge in [0.15, 0.2) is 0 Å². The van der Waals surface area contributed by atoms with Crippen molar-refractivity contribution >= 4 is 0 Å². The largest absolute Gasteiger partial charge is 0.282 e. The van der Waals surface area contributed by atoms with Crippen LogP contribution in [0.3, 0.4) is 0 Å². The Morgan fingerprint density at radius 2 is 2.06 bits per heavy atom. The first-order valence-electron chi connectivity index (χ1n) is 4.59. The Bertz CT molecular complexity index is 537. The van der Waals surface area contributed by atoms with Gasteiger partial charge in [0.1, 0.15) is 0 Å². The Labute approximate surface area is 90.0 Å². The van der Waals surface area contributed by atoms with Crippen LogP contribution >= 0.6 is 0 Å². The average molecular weight is 222 g/mol. The number of pyridine rings is 2. The molecule has 3 nitrogen and oxygen atoms in total. The van der Waals surface area contributed by atoms with Crippen LogP contribution in [0.4, 0.5) is 8.78 Å². The van der Waals surface area contributed by atoms with Gasteiger partial charge in [-0.1, -0.05) is 0 Å². The summed E-state index contributed by atoms with van der Waals surface area (Å²) in [6, 6.07) is 5.51. The number of alkyl halides is 2. The van der Waals surface area contributed by atoms with E-state index in [0.29, 0.717) is 5.69 Å². The molecule has 0 atom stereocenters. The summed E-state index contributed by atoms with van der Waals surface area (Å²) in [6.45, 7) is 0. The van der Waals surface area contributed by atoms with Gasteiger partial charge in [-0.3, -0.25) is 14.3 Å². The second-order valence-corrected chi connectivity index (χ2v) is 3.18. The molecule has 5 heteroatoms. The predicted octanol–water partition coefficient (Wildman–Crippen LogP) is 2.17. The molecule has 82 valence electrons. The van der Waals surface area contributed by atoms with E-state index in [1.54, 1.807) is 18.3 Å². The Balaban J connectivity index is 2.56. The van der Waals surface area contributed by atoms with Gasteiger partial charge >= 0.3 is 0 Å². The molecular weight excluding hydrogens is 214 g/mol. The zero-order chi connectivity index (χ0) is 11.5. The highest BCUT2D eigenvalue weighted by atomic mass is 19.3. The number of hydrogen-bond donors (Lipinski definition) is 0. The molecule has 0 spiro atoms. The van der Waals surface area contributed by atoms with Gasteiger partial charge in [0.05, 0.1) is 11.9 Å². The van der Waals surface area contributed by atoms with Gasteiger partial charge in [-0.2, -0.15) is 0 Å². The van der Waals surface area contributed by atoms with Crippen LogP contribution in [0.1, 0.15) is 12.0 Å². The molecule has 0 fully saturated rings. The van der Waals surface area contributed by atoms with Crippen LogP contribution in [0.5, 0.6) is 0 Å². The average Bonchev–Trinajstić information content (AvgIpc) is 2.30. The molecule has 2 aromatic rings. The lowest BCUT2D eigenvalue weighted by Crippen LogP contribution is -2.17. The summed E-state index contributed by atoms with van der Waals surface area (Å²) in [5, 5.41) is 0. The fraction of sp³-hybridized carbons (Fsp3) is 0.0909. The molecule has 0 aliphatic heterocycles. The minimum atomic E-state index is -2.59. The van der Waals surface area contributed by atoms with Gasteiger partial charge < -0.3 is 0 Å². The molecule has 0 aliphatic carbocycles. The van der Waals surface area contributed by atoms with Gasteiger partial charge in [-0.15, -0.1) is 0 Å². The Morgan fingerprint density at radius 3 is 2.69 bits per heavy atom. The van der Waals surface area contributed by atoms with Crippen molar-refractivity contribution in [2.45, 2.75) is 6.43 Å². The lowest BCUT2D eigenvalue weighted by Gasteiger charge is -2.06. The van der Waals surface area contributed by atoms with E-state index in [2.05, 4.69) is 4.98 Å². The van der Waals surface area contributed by atoms with Gasteiger partial charge in [0, 0.05) is 24.0 Å². The van der Waals surface area contributed by atoms with E-state index in [9.17, 15) is 13.6 Å². The van der Waals surface area contributed by atoms with Crippen LogP contribution in [-0.2, 0) is 0 Å². The zero-order valence-electron chi connectivity index (χ0n) is 8.18. The van der Waals surface area contributed by atoms with Crippen molar-refractivity contribution in [3.63, 3.8) is 0 Å². The Hall–Kier alpha value is -2.04. The normalized spacial score (nSPS) is 10.7. The third kappa shape index (κ3) is 1.98. The number of rotatable bonds is 2. The molecule has 2 aromatic heterocycles. The highest BCUT2D eigenvalue weighted by Crippen LogP contribution is 2.17. The van der Waals surface area contributed by atoms with E-state index in [1.165, 1.54) is 6.20 Å². The fourth-order valence-corrected chi connectivity index (χ4v) is 1.33. The molecule has 0 saturated heterocycles. The maximum Gasteiger partial charge on any atom is 0.265 e. The molecule has 0 saturated carbocycles. The number of nitrogens with zero attached hydrogens (tertiary/aromatic N) is 2. The predicted molar refractivity (Wildman–Crippen MR) is 54.8 cm³/mol. The van der Waals surface area contributed by atoms with Crippen molar-refractivity contribution in [3.05, 3.63) is 58.8 Å². The van der Waals surface area contributed by atoms with Crippen LogP contribution in [0.25, 0.3) is 5.69 Å². The van der Waals surface area contributed by atoms with E-state index >= 15 is 0 Å². The van der Waals surface area contributed by atoms with Gasteiger partial charge in [0.2, 0.25) is 0 Å². The fourth-order valence-electron chi connectivity index (χ4n) is 1.33. The molecular formula is C11H8F2N2O. The molecule has 0 aromatic carbocycles.